The summed E-state index contributed by atoms with van der Waals surface area (Å²) in [6.45, 7) is 5.28. The lowest BCUT2D eigenvalue weighted by Crippen LogP contribution is -2.38. The third-order valence-electron chi connectivity index (χ3n) is 2.27. The number of carboxylic acids is 2. The maximum atomic E-state index is 10.9. The van der Waals surface area contributed by atoms with Crippen molar-refractivity contribution in [3.63, 3.8) is 0 Å². The van der Waals surface area contributed by atoms with E-state index in [-0.39, 0.29) is 12.8 Å². The topological polar surface area (TPSA) is 74.6 Å². The molecule has 0 fully saturated rings. The Morgan fingerprint density at radius 3 is 2.14 bits per heavy atom. The molecule has 0 aliphatic rings. The Morgan fingerprint density at radius 1 is 1.36 bits per heavy atom. The zero-order valence-corrected chi connectivity index (χ0v) is 8.32. The highest BCUT2D eigenvalue weighted by Crippen LogP contribution is 2.30. The number of carbonyl (C=O) groups is 2. The van der Waals surface area contributed by atoms with Gasteiger partial charge in [0.1, 0.15) is 0 Å². The van der Waals surface area contributed by atoms with Crippen molar-refractivity contribution >= 4 is 11.9 Å². The van der Waals surface area contributed by atoms with Crippen LogP contribution in [0.2, 0.25) is 0 Å². The van der Waals surface area contributed by atoms with E-state index in [4.69, 9.17) is 10.2 Å². The van der Waals surface area contributed by atoms with Crippen LogP contribution in [0.5, 0.6) is 0 Å². The van der Waals surface area contributed by atoms with Gasteiger partial charge in [0.15, 0.2) is 5.41 Å². The largest absolute Gasteiger partial charge is 0.480 e. The highest BCUT2D eigenvalue weighted by molar-refractivity contribution is 5.98. The first-order chi connectivity index (χ1) is 6.51. The lowest BCUT2D eigenvalue weighted by molar-refractivity contribution is -0.165. The molecule has 4 nitrogen and oxygen atoms in total. The molecule has 0 aliphatic carbocycles. The molecular formula is C10H16O4. The SMILES string of the molecule is C=CCC(CCCC)(C(=O)O)C(=O)O. The standard InChI is InChI=1S/C10H16O4/c1-3-5-7-10(6-4-2,8(11)12)9(13)14/h4H,2-3,5-7H2,1H3,(H,11,12)(H,13,14). The van der Waals surface area contributed by atoms with Crippen LogP contribution in [-0.2, 0) is 9.59 Å². The second-order valence-electron chi connectivity index (χ2n) is 3.29. The van der Waals surface area contributed by atoms with Crippen molar-refractivity contribution in [2.75, 3.05) is 0 Å². The average molecular weight is 200 g/mol. The van der Waals surface area contributed by atoms with Gasteiger partial charge in [0, 0.05) is 0 Å². The Kier molecular flexibility index (Phi) is 4.91. The van der Waals surface area contributed by atoms with Gasteiger partial charge in [0.25, 0.3) is 0 Å². The molecule has 0 bridgehead atoms. The van der Waals surface area contributed by atoms with Crippen LogP contribution >= 0.6 is 0 Å². The minimum atomic E-state index is -1.68. The maximum Gasteiger partial charge on any atom is 0.321 e. The highest BCUT2D eigenvalue weighted by atomic mass is 16.4. The van der Waals surface area contributed by atoms with Crippen LogP contribution < -0.4 is 0 Å². The average Bonchev–Trinajstić information content (AvgIpc) is 2.11. The van der Waals surface area contributed by atoms with E-state index in [0.29, 0.717) is 6.42 Å². The Bertz CT molecular complexity index is 218. The molecule has 0 radical (unpaired) electrons. The Morgan fingerprint density at radius 2 is 1.86 bits per heavy atom. The molecule has 80 valence electrons. The predicted octanol–water partition coefficient (Wildman–Crippen LogP) is 1.91. The molecule has 0 atom stereocenters. The first kappa shape index (κ1) is 12.7. The van der Waals surface area contributed by atoms with Crippen LogP contribution in [0.4, 0.5) is 0 Å². The van der Waals surface area contributed by atoms with Crippen LogP contribution in [0.25, 0.3) is 0 Å². The molecule has 0 unspecified atom stereocenters. The lowest BCUT2D eigenvalue weighted by atomic mass is 9.80. The van der Waals surface area contributed by atoms with Crippen molar-refractivity contribution in [2.45, 2.75) is 32.6 Å². The van der Waals surface area contributed by atoms with Crippen molar-refractivity contribution in [3.05, 3.63) is 12.7 Å². The predicted molar refractivity (Wildman–Crippen MR) is 52.0 cm³/mol. The first-order valence-corrected chi connectivity index (χ1v) is 4.59. The van der Waals surface area contributed by atoms with E-state index in [2.05, 4.69) is 6.58 Å². The zero-order chi connectivity index (χ0) is 11.2. The molecule has 0 heterocycles. The summed E-state index contributed by atoms with van der Waals surface area (Å²) >= 11 is 0. The molecule has 0 amide bonds. The van der Waals surface area contributed by atoms with Gasteiger partial charge in [0.05, 0.1) is 0 Å². The zero-order valence-electron chi connectivity index (χ0n) is 8.32. The van der Waals surface area contributed by atoms with Gasteiger partial charge in [-0.3, -0.25) is 9.59 Å². The van der Waals surface area contributed by atoms with E-state index in [1.807, 2.05) is 6.92 Å². The van der Waals surface area contributed by atoms with Gasteiger partial charge in [-0.15, -0.1) is 6.58 Å². The molecule has 0 aromatic rings. The van der Waals surface area contributed by atoms with Gasteiger partial charge in [-0.2, -0.15) is 0 Å². The summed E-state index contributed by atoms with van der Waals surface area (Å²) in [5, 5.41) is 17.8. The number of hydrogen-bond acceptors (Lipinski definition) is 2. The van der Waals surface area contributed by atoms with Gasteiger partial charge in [-0.1, -0.05) is 25.8 Å². The first-order valence-electron chi connectivity index (χ1n) is 4.59. The van der Waals surface area contributed by atoms with Gasteiger partial charge in [-0.25, -0.2) is 0 Å². The van der Waals surface area contributed by atoms with Crippen molar-refractivity contribution in [1.82, 2.24) is 0 Å². The molecule has 0 spiro atoms. The molecule has 0 saturated heterocycles. The summed E-state index contributed by atoms with van der Waals surface area (Å²) in [6.07, 6.45) is 2.83. The fourth-order valence-corrected chi connectivity index (χ4v) is 1.31. The summed E-state index contributed by atoms with van der Waals surface area (Å²) in [5.41, 5.74) is -1.68. The molecule has 0 saturated carbocycles. The van der Waals surface area contributed by atoms with Crippen molar-refractivity contribution < 1.29 is 19.8 Å². The maximum absolute atomic E-state index is 10.9. The van der Waals surface area contributed by atoms with Crippen LogP contribution in [-0.4, -0.2) is 22.2 Å². The van der Waals surface area contributed by atoms with E-state index >= 15 is 0 Å². The monoisotopic (exact) mass is 200 g/mol. The molecule has 4 heteroatoms. The van der Waals surface area contributed by atoms with Gasteiger partial charge >= 0.3 is 11.9 Å². The van der Waals surface area contributed by atoms with Crippen LogP contribution in [0, 0.1) is 5.41 Å². The fraction of sp³-hybridized carbons (Fsp3) is 0.600. The van der Waals surface area contributed by atoms with E-state index in [1.165, 1.54) is 6.08 Å². The van der Waals surface area contributed by atoms with Gasteiger partial charge in [-0.05, 0) is 12.8 Å². The van der Waals surface area contributed by atoms with Crippen molar-refractivity contribution in [2.24, 2.45) is 5.41 Å². The highest BCUT2D eigenvalue weighted by Gasteiger charge is 2.44. The molecule has 0 aliphatic heterocycles. The van der Waals surface area contributed by atoms with E-state index < -0.39 is 17.4 Å². The Hall–Kier alpha value is -1.32. The summed E-state index contributed by atoms with van der Waals surface area (Å²) in [6, 6.07) is 0. The van der Waals surface area contributed by atoms with Crippen LogP contribution in [0.3, 0.4) is 0 Å². The van der Waals surface area contributed by atoms with Crippen molar-refractivity contribution in [3.8, 4) is 0 Å². The molecule has 0 aromatic heterocycles. The third-order valence-corrected chi connectivity index (χ3v) is 2.27. The van der Waals surface area contributed by atoms with Gasteiger partial charge in [0.2, 0.25) is 0 Å². The fourth-order valence-electron chi connectivity index (χ4n) is 1.31. The summed E-state index contributed by atoms with van der Waals surface area (Å²) in [7, 11) is 0. The quantitative estimate of drug-likeness (QED) is 0.486. The molecular weight excluding hydrogens is 184 g/mol. The summed E-state index contributed by atoms with van der Waals surface area (Å²) < 4.78 is 0. The number of hydrogen-bond donors (Lipinski definition) is 2. The summed E-state index contributed by atoms with van der Waals surface area (Å²) in [4.78, 5) is 21.9. The second kappa shape index (κ2) is 5.42. The Labute approximate surface area is 83.2 Å². The minimum absolute atomic E-state index is 0.0301. The second-order valence-corrected chi connectivity index (χ2v) is 3.29. The number of aliphatic carboxylic acids is 2. The molecule has 2 N–H and O–H groups in total. The number of carboxylic acid groups (broad SMARTS) is 2. The number of allylic oxidation sites excluding steroid dienone is 1. The summed E-state index contributed by atoms with van der Waals surface area (Å²) in [5.74, 6) is -2.56. The lowest BCUT2D eigenvalue weighted by Gasteiger charge is -2.22. The van der Waals surface area contributed by atoms with Crippen LogP contribution in [0.1, 0.15) is 32.6 Å². The Balaban J connectivity index is 4.83. The van der Waals surface area contributed by atoms with E-state index in [9.17, 15) is 9.59 Å². The molecule has 0 rings (SSSR count). The van der Waals surface area contributed by atoms with Gasteiger partial charge < -0.3 is 10.2 Å². The molecule has 0 aromatic carbocycles. The third kappa shape index (κ3) is 2.58. The van der Waals surface area contributed by atoms with Crippen LogP contribution in [0.15, 0.2) is 12.7 Å². The smallest absolute Gasteiger partial charge is 0.321 e. The number of unbranched alkanes of at least 4 members (excludes halogenated alkanes) is 1. The van der Waals surface area contributed by atoms with E-state index in [0.717, 1.165) is 6.42 Å². The van der Waals surface area contributed by atoms with E-state index in [1.54, 1.807) is 0 Å². The van der Waals surface area contributed by atoms with Crippen molar-refractivity contribution in [1.29, 1.82) is 0 Å². The molecule has 14 heavy (non-hydrogen) atoms. The normalized spacial score (nSPS) is 10.9. The minimum Gasteiger partial charge on any atom is -0.480 e. The number of rotatable bonds is 7.